The maximum atomic E-state index is 17.1. The van der Waals surface area contributed by atoms with Gasteiger partial charge in [-0.1, -0.05) is 71.1 Å². The summed E-state index contributed by atoms with van der Waals surface area (Å²) in [5, 5.41) is 0. The second kappa shape index (κ2) is 26.5. The van der Waals surface area contributed by atoms with Crippen LogP contribution in [0.1, 0.15) is 126 Å². The van der Waals surface area contributed by atoms with E-state index in [0.717, 1.165) is 29.7 Å². The quantitative estimate of drug-likeness (QED) is 0.130. The summed E-state index contributed by atoms with van der Waals surface area (Å²) in [4.78, 5) is 72.2. The van der Waals surface area contributed by atoms with Crippen molar-refractivity contribution in [3.05, 3.63) is 47.6 Å². The summed E-state index contributed by atoms with van der Waals surface area (Å²) in [6, 6.07) is -1.16. The first kappa shape index (κ1) is 56.2. The molecular formula is C53H82FNO12. The number of amides is 1. The van der Waals surface area contributed by atoms with Gasteiger partial charge in [0, 0.05) is 72.7 Å². The lowest BCUT2D eigenvalue weighted by molar-refractivity contribution is -0.231. The van der Waals surface area contributed by atoms with Crippen LogP contribution < -0.4 is 0 Å². The third-order valence-corrected chi connectivity index (χ3v) is 14.9. The Balaban J connectivity index is 1.72. The molecule has 1 unspecified atom stereocenters. The Bertz CT molecular complexity index is 1790. The number of ketones is 3. The highest BCUT2D eigenvalue weighted by Crippen LogP contribution is 2.40. The smallest absolute Gasteiger partial charge is 0.329 e. The normalized spacial score (nSPS) is 39.6. The van der Waals surface area contributed by atoms with E-state index in [1.807, 2.05) is 65.0 Å². The standard InChI is InChI=1S/C53H82FNO12/c1-32-18-14-13-15-19-33(2)44(62-9)30-40-23-21-38(7)53(54,67-40)50(58)51(59)55-25-17-16-20-41(55)52(60)66-45(35(4)28-39-22-24-43(61-8)46(29-39)63-10)31-42(56)34(3)27-37(6)48(64-11)49(65-12)47(57)36(5)26-32/h13-15,18-19,27,32,34-36,38-41,43-46,48-49H,16-17,20-26,28-31H2,1-12H3/b15-13+,18-14+,33-19+,37-27+/t32-,34-,35-,36-,38-,39+,40+,41+,43-,44+,45?,46-,48-,49+,53-/m1/s1. The Morgan fingerprint density at radius 3 is 2.13 bits per heavy atom. The van der Waals surface area contributed by atoms with Crippen LogP contribution >= 0.6 is 0 Å². The Kier molecular flexibility index (Phi) is 22.3. The van der Waals surface area contributed by atoms with E-state index in [4.69, 9.17) is 33.2 Å². The third-order valence-electron chi connectivity index (χ3n) is 14.9. The fourth-order valence-electron chi connectivity index (χ4n) is 10.6. The largest absolute Gasteiger partial charge is 0.460 e. The number of alkyl halides is 1. The van der Waals surface area contributed by atoms with Gasteiger partial charge in [-0.15, -0.1) is 0 Å². The lowest BCUT2D eigenvalue weighted by Gasteiger charge is -2.41. The number of Topliss-reactive ketones (excluding diaryl/α,β-unsaturated/α-hetero) is 3. The molecule has 3 aliphatic heterocycles. The second-order valence-corrected chi connectivity index (χ2v) is 20.0. The van der Waals surface area contributed by atoms with Gasteiger partial charge in [0.05, 0.1) is 24.4 Å². The van der Waals surface area contributed by atoms with Crippen LogP contribution in [0.4, 0.5) is 4.39 Å². The van der Waals surface area contributed by atoms with E-state index >= 15 is 4.39 Å². The summed E-state index contributed by atoms with van der Waals surface area (Å²) < 4.78 is 58.3. The molecule has 0 aromatic heterocycles. The number of cyclic esters (lactones) is 1. The van der Waals surface area contributed by atoms with Gasteiger partial charge >= 0.3 is 5.97 Å². The molecule has 1 saturated carbocycles. The van der Waals surface area contributed by atoms with E-state index in [1.54, 1.807) is 41.3 Å². The zero-order chi connectivity index (χ0) is 49.6. The monoisotopic (exact) mass is 944 g/mol. The maximum absolute atomic E-state index is 17.1. The van der Waals surface area contributed by atoms with Crippen molar-refractivity contribution in [2.45, 2.75) is 180 Å². The molecule has 4 rings (SSSR count). The van der Waals surface area contributed by atoms with Gasteiger partial charge < -0.3 is 38.1 Å². The average molecular weight is 944 g/mol. The molecule has 0 spiro atoms. The zero-order valence-corrected chi connectivity index (χ0v) is 42.5. The van der Waals surface area contributed by atoms with Crippen molar-refractivity contribution in [3.63, 3.8) is 0 Å². The Morgan fingerprint density at radius 1 is 0.776 bits per heavy atom. The number of rotatable bonds is 8. The molecule has 13 nitrogen and oxygen atoms in total. The van der Waals surface area contributed by atoms with Crippen molar-refractivity contribution in [1.82, 2.24) is 4.90 Å². The van der Waals surface area contributed by atoms with Crippen LogP contribution in [0.2, 0.25) is 0 Å². The summed E-state index contributed by atoms with van der Waals surface area (Å²) in [6.07, 6.45) is 13.3. The summed E-state index contributed by atoms with van der Waals surface area (Å²) in [5.74, 6) is -8.41. The van der Waals surface area contributed by atoms with Gasteiger partial charge in [-0.05, 0) is 107 Å². The number of halogens is 1. The number of carbonyl (C=O) groups is 5. The van der Waals surface area contributed by atoms with Gasteiger partial charge in [-0.25, -0.2) is 9.18 Å². The summed E-state index contributed by atoms with van der Waals surface area (Å²) in [5.41, 5.74) is 1.50. The summed E-state index contributed by atoms with van der Waals surface area (Å²) >= 11 is 0. The van der Waals surface area contributed by atoms with E-state index in [1.165, 1.54) is 14.2 Å². The van der Waals surface area contributed by atoms with Crippen molar-refractivity contribution < 1.29 is 61.5 Å². The van der Waals surface area contributed by atoms with Crippen LogP contribution in [0.15, 0.2) is 47.6 Å². The minimum absolute atomic E-state index is 0.0323. The van der Waals surface area contributed by atoms with E-state index in [2.05, 4.69) is 0 Å². The molecule has 15 atom stereocenters. The predicted octanol–water partition coefficient (Wildman–Crippen LogP) is 8.47. The molecule has 0 N–H and O–H groups in total. The first-order valence-electron chi connectivity index (χ1n) is 24.7. The third kappa shape index (κ3) is 14.8. The van der Waals surface area contributed by atoms with Crippen LogP contribution in [-0.4, -0.2) is 131 Å². The molecule has 378 valence electrons. The summed E-state index contributed by atoms with van der Waals surface area (Å²) in [6.45, 7) is 13.0. The molecule has 0 radical (unpaired) electrons. The Labute approximate surface area is 399 Å². The van der Waals surface area contributed by atoms with Crippen molar-refractivity contribution in [2.24, 2.45) is 35.5 Å². The molecule has 0 aromatic carbocycles. The average Bonchev–Trinajstić information content (AvgIpc) is 3.31. The number of allylic oxidation sites excluding steroid dienone is 6. The molecule has 2 bridgehead atoms. The highest BCUT2D eigenvalue weighted by molar-refractivity contribution is 6.39. The molecule has 2 saturated heterocycles. The zero-order valence-electron chi connectivity index (χ0n) is 42.5. The van der Waals surface area contributed by atoms with Gasteiger partial charge in [0.15, 0.2) is 5.78 Å². The van der Waals surface area contributed by atoms with Gasteiger partial charge in [0.1, 0.15) is 30.1 Å². The van der Waals surface area contributed by atoms with Gasteiger partial charge in [-0.3, -0.25) is 19.2 Å². The van der Waals surface area contributed by atoms with Crippen LogP contribution in [0.3, 0.4) is 0 Å². The molecule has 4 aliphatic rings. The van der Waals surface area contributed by atoms with E-state index < -0.39 is 71.9 Å². The number of carbonyl (C=O) groups excluding carboxylic acids is 5. The van der Waals surface area contributed by atoms with Gasteiger partial charge in [-0.2, -0.15) is 0 Å². The minimum atomic E-state index is -2.91. The molecule has 67 heavy (non-hydrogen) atoms. The van der Waals surface area contributed by atoms with E-state index in [-0.39, 0.29) is 73.3 Å². The lowest BCUT2D eigenvalue weighted by Crippen LogP contribution is -2.59. The topological polar surface area (TPSA) is 153 Å². The van der Waals surface area contributed by atoms with Crippen molar-refractivity contribution >= 4 is 29.2 Å². The molecule has 1 aliphatic carbocycles. The molecule has 3 heterocycles. The molecular weight excluding hydrogens is 862 g/mol. The lowest BCUT2D eigenvalue weighted by atomic mass is 9.78. The second-order valence-electron chi connectivity index (χ2n) is 20.0. The SMILES string of the molecule is CO[C@H]1C[C@@H]2CC[C@@H](C)[C@@](F)(O2)C(=O)C(=O)N2CCCC[C@H]2C(=O)OC([C@H](C)C[C@@H]2CC[C@@H](OC)[C@H](OC)C2)CC(=O)[C@H](C)/C=C(\C)[C@@H](OC)[C@@H](OC)C(=O)[C@H](C)C[C@H](C)/C=C/C=C/C=C/1C. The molecule has 1 amide bonds. The highest BCUT2D eigenvalue weighted by atomic mass is 19.2. The van der Waals surface area contributed by atoms with Crippen LogP contribution in [0.25, 0.3) is 0 Å². The highest BCUT2D eigenvalue weighted by Gasteiger charge is 2.55. The number of esters is 1. The number of methoxy groups -OCH3 is 5. The van der Waals surface area contributed by atoms with Crippen molar-refractivity contribution in [3.8, 4) is 0 Å². The van der Waals surface area contributed by atoms with Crippen LogP contribution in [-0.2, 0) is 57.1 Å². The first-order chi connectivity index (χ1) is 31.8. The Hall–Kier alpha value is -3.40. The Morgan fingerprint density at radius 2 is 1.48 bits per heavy atom. The minimum Gasteiger partial charge on any atom is -0.460 e. The first-order valence-corrected chi connectivity index (χ1v) is 24.7. The summed E-state index contributed by atoms with van der Waals surface area (Å²) in [7, 11) is 7.90. The van der Waals surface area contributed by atoms with Gasteiger partial charge in [0.25, 0.3) is 17.5 Å². The number of hydrogen-bond acceptors (Lipinski definition) is 12. The molecule has 14 heteroatoms. The van der Waals surface area contributed by atoms with Crippen LogP contribution in [0.5, 0.6) is 0 Å². The fraction of sp³-hybridized carbons (Fsp3) is 0.755. The van der Waals surface area contributed by atoms with Crippen molar-refractivity contribution in [2.75, 3.05) is 42.1 Å². The maximum Gasteiger partial charge on any atom is 0.329 e. The van der Waals surface area contributed by atoms with E-state index in [0.29, 0.717) is 44.1 Å². The number of hydrogen-bond donors (Lipinski definition) is 0. The predicted molar refractivity (Wildman–Crippen MR) is 254 cm³/mol. The van der Waals surface area contributed by atoms with Gasteiger partial charge in [0.2, 0.25) is 0 Å². The number of piperidine rings is 1. The van der Waals surface area contributed by atoms with Crippen molar-refractivity contribution in [1.29, 1.82) is 0 Å². The molecule has 3 fully saturated rings. The number of nitrogens with zero attached hydrogens (tertiary/aromatic N) is 1. The number of ether oxygens (including phenoxy) is 7. The van der Waals surface area contributed by atoms with Crippen LogP contribution in [0, 0.1) is 35.5 Å². The number of fused-ring (bicyclic) bond motifs is 3. The fourth-order valence-corrected chi connectivity index (χ4v) is 10.6. The van der Waals surface area contributed by atoms with E-state index in [9.17, 15) is 24.0 Å². The molecule has 0 aromatic rings.